The van der Waals surface area contributed by atoms with E-state index in [2.05, 4.69) is 0 Å². The van der Waals surface area contributed by atoms with Gasteiger partial charge in [-0.25, -0.2) is 0 Å². The summed E-state index contributed by atoms with van der Waals surface area (Å²) >= 11 is 0. The average Bonchev–Trinajstić information content (AvgIpc) is 2.32. The van der Waals surface area contributed by atoms with Crippen LogP contribution in [0.4, 0.5) is 0 Å². The third-order valence-corrected chi connectivity index (χ3v) is 2.67. The van der Waals surface area contributed by atoms with Gasteiger partial charge in [-0.1, -0.05) is 24.3 Å². The quantitative estimate of drug-likeness (QED) is 0.613. The van der Waals surface area contributed by atoms with Crippen molar-refractivity contribution in [3.63, 3.8) is 0 Å². The number of carbonyl (C=O) groups is 2. The normalized spacial score (nSPS) is 10.3. The molecule has 0 radical (unpaired) electrons. The van der Waals surface area contributed by atoms with Crippen molar-refractivity contribution in [3.05, 3.63) is 35.9 Å². The molecule has 0 aliphatic heterocycles. The highest BCUT2D eigenvalue weighted by Gasteiger charge is 2.12. The van der Waals surface area contributed by atoms with Crippen LogP contribution in [0.1, 0.15) is 19.4 Å². The van der Waals surface area contributed by atoms with Crippen molar-refractivity contribution in [2.24, 2.45) is 0 Å². The average molecular weight is 258 g/mol. The Morgan fingerprint density at radius 3 is 2.21 bits per heavy atom. The van der Waals surface area contributed by atoms with E-state index < -0.39 is 0 Å². The molecule has 2 aromatic carbocycles. The van der Waals surface area contributed by atoms with Gasteiger partial charge in [0.05, 0.1) is 0 Å². The molecule has 0 unspecified atom stereocenters. The highest BCUT2D eigenvalue weighted by Crippen LogP contribution is 2.34. The van der Waals surface area contributed by atoms with Crippen LogP contribution in [0.2, 0.25) is 0 Å². The molecule has 0 heterocycles. The predicted molar refractivity (Wildman–Crippen MR) is 71.3 cm³/mol. The largest absolute Gasteiger partial charge is 0.426 e. The van der Waals surface area contributed by atoms with Gasteiger partial charge in [0.1, 0.15) is 11.5 Å². The first-order valence-electron chi connectivity index (χ1n) is 5.88. The van der Waals surface area contributed by atoms with Crippen LogP contribution in [0.25, 0.3) is 10.8 Å². The SMILES string of the molecule is CC(=O)Oc1cccc2c(OC(C)=O)c(C)ccc12. The summed E-state index contributed by atoms with van der Waals surface area (Å²) in [5.41, 5.74) is 0.850. The second-order valence-corrected chi connectivity index (χ2v) is 4.25. The number of fused-ring (bicyclic) bond motifs is 1. The number of benzene rings is 2. The number of hydrogen-bond donors (Lipinski definition) is 0. The molecule has 4 nitrogen and oxygen atoms in total. The van der Waals surface area contributed by atoms with E-state index in [4.69, 9.17) is 9.47 Å². The van der Waals surface area contributed by atoms with Gasteiger partial charge in [0.25, 0.3) is 0 Å². The number of rotatable bonds is 2. The topological polar surface area (TPSA) is 52.6 Å². The van der Waals surface area contributed by atoms with Gasteiger partial charge in [0.15, 0.2) is 0 Å². The molecule has 4 heteroatoms. The third kappa shape index (κ3) is 2.73. The van der Waals surface area contributed by atoms with Crippen molar-refractivity contribution >= 4 is 22.7 Å². The van der Waals surface area contributed by atoms with E-state index in [9.17, 15) is 9.59 Å². The minimum atomic E-state index is -0.387. The minimum absolute atomic E-state index is 0.381. The molecule has 0 saturated heterocycles. The number of ether oxygens (including phenoxy) is 2. The zero-order valence-corrected chi connectivity index (χ0v) is 11.0. The Balaban J connectivity index is 2.65. The molecule has 0 N–H and O–H groups in total. The molecule has 0 spiro atoms. The molecular formula is C15H14O4. The highest BCUT2D eigenvalue weighted by molar-refractivity contribution is 5.96. The number of aryl methyl sites for hydroxylation is 1. The summed E-state index contributed by atoms with van der Waals surface area (Å²) in [6.07, 6.45) is 0. The third-order valence-electron chi connectivity index (χ3n) is 2.67. The Hall–Kier alpha value is -2.36. The number of carbonyl (C=O) groups excluding carboxylic acids is 2. The van der Waals surface area contributed by atoms with E-state index in [-0.39, 0.29) is 11.9 Å². The van der Waals surface area contributed by atoms with Crippen LogP contribution in [0.5, 0.6) is 11.5 Å². The van der Waals surface area contributed by atoms with Crippen molar-refractivity contribution in [2.45, 2.75) is 20.8 Å². The fourth-order valence-electron chi connectivity index (χ4n) is 1.93. The smallest absolute Gasteiger partial charge is 0.308 e. The lowest BCUT2D eigenvalue weighted by Gasteiger charge is -2.12. The number of hydrogen-bond acceptors (Lipinski definition) is 4. The van der Waals surface area contributed by atoms with Crippen LogP contribution >= 0.6 is 0 Å². The maximum Gasteiger partial charge on any atom is 0.308 e. The van der Waals surface area contributed by atoms with E-state index in [0.717, 1.165) is 16.3 Å². The van der Waals surface area contributed by atoms with Gasteiger partial charge in [-0.05, 0) is 18.6 Å². The molecule has 0 aliphatic rings. The predicted octanol–water partition coefficient (Wildman–Crippen LogP) is 3.00. The Kier molecular flexibility index (Phi) is 3.51. The van der Waals surface area contributed by atoms with Crippen LogP contribution < -0.4 is 9.47 Å². The van der Waals surface area contributed by atoms with Gasteiger partial charge < -0.3 is 9.47 Å². The lowest BCUT2D eigenvalue weighted by molar-refractivity contribution is -0.132. The first kappa shape index (κ1) is 13.1. The lowest BCUT2D eigenvalue weighted by Crippen LogP contribution is -2.05. The second-order valence-electron chi connectivity index (χ2n) is 4.25. The molecule has 0 amide bonds. The number of esters is 2. The van der Waals surface area contributed by atoms with Gasteiger partial charge in [-0.3, -0.25) is 9.59 Å². The van der Waals surface area contributed by atoms with Crippen molar-refractivity contribution in [2.75, 3.05) is 0 Å². The van der Waals surface area contributed by atoms with Crippen molar-refractivity contribution in [1.82, 2.24) is 0 Å². The molecule has 0 saturated carbocycles. The van der Waals surface area contributed by atoms with E-state index in [1.807, 2.05) is 25.1 Å². The highest BCUT2D eigenvalue weighted by atomic mass is 16.5. The van der Waals surface area contributed by atoms with Gasteiger partial charge in [0.2, 0.25) is 0 Å². The molecule has 0 fully saturated rings. The van der Waals surface area contributed by atoms with Gasteiger partial charge >= 0.3 is 11.9 Å². The molecule has 2 aromatic rings. The maximum atomic E-state index is 11.2. The van der Waals surface area contributed by atoms with Crippen LogP contribution in [-0.4, -0.2) is 11.9 Å². The van der Waals surface area contributed by atoms with Crippen LogP contribution in [-0.2, 0) is 9.59 Å². The molecule has 2 rings (SSSR count). The summed E-state index contributed by atoms with van der Waals surface area (Å²) in [7, 11) is 0. The van der Waals surface area contributed by atoms with E-state index in [0.29, 0.717) is 11.5 Å². The fourth-order valence-corrected chi connectivity index (χ4v) is 1.93. The molecule has 0 bridgehead atoms. The summed E-state index contributed by atoms with van der Waals surface area (Å²) in [5.74, 6) is 0.188. The molecule has 0 aliphatic carbocycles. The molecule has 19 heavy (non-hydrogen) atoms. The van der Waals surface area contributed by atoms with Gasteiger partial charge in [-0.15, -0.1) is 0 Å². The van der Waals surface area contributed by atoms with Crippen molar-refractivity contribution in [1.29, 1.82) is 0 Å². The molecule has 98 valence electrons. The molecule has 0 aromatic heterocycles. The summed E-state index contributed by atoms with van der Waals surface area (Å²) in [5, 5.41) is 1.48. The van der Waals surface area contributed by atoms with E-state index in [1.165, 1.54) is 13.8 Å². The monoisotopic (exact) mass is 258 g/mol. The zero-order chi connectivity index (χ0) is 14.0. The van der Waals surface area contributed by atoms with E-state index >= 15 is 0 Å². The lowest BCUT2D eigenvalue weighted by atomic mass is 10.1. The fraction of sp³-hybridized carbons (Fsp3) is 0.200. The Morgan fingerprint density at radius 1 is 0.895 bits per heavy atom. The van der Waals surface area contributed by atoms with Crippen LogP contribution in [0.3, 0.4) is 0 Å². The van der Waals surface area contributed by atoms with Crippen LogP contribution in [0.15, 0.2) is 30.3 Å². The summed E-state index contributed by atoms with van der Waals surface area (Å²) in [6.45, 7) is 4.56. The Morgan fingerprint density at radius 2 is 1.58 bits per heavy atom. The first-order chi connectivity index (χ1) is 8.99. The minimum Gasteiger partial charge on any atom is -0.426 e. The summed E-state index contributed by atoms with van der Waals surface area (Å²) in [6, 6.07) is 8.96. The van der Waals surface area contributed by atoms with Gasteiger partial charge in [-0.2, -0.15) is 0 Å². The second kappa shape index (κ2) is 5.10. The zero-order valence-electron chi connectivity index (χ0n) is 11.0. The van der Waals surface area contributed by atoms with Crippen LogP contribution in [0, 0.1) is 6.92 Å². The Labute approximate surface area is 110 Å². The van der Waals surface area contributed by atoms with E-state index in [1.54, 1.807) is 12.1 Å². The van der Waals surface area contributed by atoms with Gasteiger partial charge in [0, 0.05) is 24.6 Å². The Bertz CT molecular complexity index is 658. The molecule has 0 atom stereocenters. The molecular weight excluding hydrogens is 244 g/mol. The summed E-state index contributed by atoms with van der Waals surface area (Å²) in [4.78, 5) is 22.2. The van der Waals surface area contributed by atoms with Crippen molar-refractivity contribution < 1.29 is 19.1 Å². The summed E-state index contributed by atoms with van der Waals surface area (Å²) < 4.78 is 10.4. The standard InChI is InChI=1S/C15H14O4/c1-9-7-8-12-13(15(9)19-11(3)17)5-4-6-14(12)18-10(2)16/h4-8H,1-3H3. The maximum absolute atomic E-state index is 11.2. The van der Waals surface area contributed by atoms with Crippen molar-refractivity contribution in [3.8, 4) is 11.5 Å². The first-order valence-corrected chi connectivity index (χ1v) is 5.88.